The Bertz CT molecular complexity index is 944. The second-order valence-corrected chi connectivity index (χ2v) is 6.31. The molecule has 0 unspecified atom stereocenters. The lowest BCUT2D eigenvalue weighted by atomic mass is 10.1. The molecule has 1 heterocycles. The van der Waals surface area contributed by atoms with E-state index in [1.807, 2.05) is 42.5 Å². The van der Waals surface area contributed by atoms with Crippen LogP contribution in [0.1, 0.15) is 13.8 Å². The zero-order valence-electron chi connectivity index (χ0n) is 16.1. The van der Waals surface area contributed by atoms with Gasteiger partial charge in [0.2, 0.25) is 5.43 Å². The quantitative estimate of drug-likeness (QED) is 0.647. The summed E-state index contributed by atoms with van der Waals surface area (Å²) in [5, 5.41) is 3.90. The van der Waals surface area contributed by atoms with Gasteiger partial charge in [0, 0.05) is 18.7 Å². The van der Waals surface area contributed by atoms with E-state index in [-0.39, 0.29) is 5.43 Å². The Morgan fingerprint density at radius 1 is 1.04 bits per heavy atom. The predicted molar refractivity (Wildman–Crippen MR) is 111 cm³/mol. The van der Waals surface area contributed by atoms with Crippen LogP contribution in [0.25, 0.3) is 22.3 Å². The molecule has 3 rings (SSSR count). The summed E-state index contributed by atoms with van der Waals surface area (Å²) in [5.41, 5.74) is 1.89. The SMILES string of the molecule is CCN(CC)CCNc1c(-c2ccc(OC)cc2)oc2ccccc2c1=O. The molecule has 0 aliphatic heterocycles. The fourth-order valence-electron chi connectivity index (χ4n) is 3.13. The molecule has 0 amide bonds. The molecule has 0 spiro atoms. The minimum absolute atomic E-state index is 0.0396. The van der Waals surface area contributed by atoms with E-state index >= 15 is 0 Å². The van der Waals surface area contributed by atoms with Crippen molar-refractivity contribution in [2.24, 2.45) is 0 Å². The van der Waals surface area contributed by atoms with E-state index in [0.717, 1.165) is 30.9 Å². The molecule has 0 saturated carbocycles. The predicted octanol–water partition coefficient (Wildman–Crippen LogP) is 4.22. The molecule has 3 aromatic rings. The first-order valence-electron chi connectivity index (χ1n) is 9.34. The first-order chi connectivity index (χ1) is 13.2. The Morgan fingerprint density at radius 3 is 2.41 bits per heavy atom. The number of ether oxygens (including phenoxy) is 1. The third kappa shape index (κ3) is 4.14. The summed E-state index contributed by atoms with van der Waals surface area (Å²) < 4.78 is 11.4. The molecule has 0 saturated heterocycles. The average molecular weight is 366 g/mol. The van der Waals surface area contributed by atoms with Crippen LogP contribution in [0.4, 0.5) is 5.69 Å². The summed E-state index contributed by atoms with van der Waals surface area (Å²) in [6.07, 6.45) is 0. The number of anilines is 1. The average Bonchev–Trinajstić information content (AvgIpc) is 2.72. The van der Waals surface area contributed by atoms with Crippen LogP contribution in [0.2, 0.25) is 0 Å². The van der Waals surface area contributed by atoms with Gasteiger partial charge < -0.3 is 19.4 Å². The molecule has 0 fully saturated rings. The molecule has 27 heavy (non-hydrogen) atoms. The summed E-state index contributed by atoms with van der Waals surface area (Å²) in [6.45, 7) is 7.77. The van der Waals surface area contributed by atoms with Crippen molar-refractivity contribution >= 4 is 16.7 Å². The van der Waals surface area contributed by atoms with Gasteiger partial charge in [0.15, 0.2) is 5.76 Å². The lowest BCUT2D eigenvalue weighted by molar-refractivity contribution is 0.316. The summed E-state index contributed by atoms with van der Waals surface area (Å²) in [5.74, 6) is 1.32. The molecule has 5 heteroatoms. The molecule has 1 N–H and O–H groups in total. The number of rotatable bonds is 8. The van der Waals surface area contributed by atoms with E-state index in [1.165, 1.54) is 0 Å². The second kappa shape index (κ2) is 8.73. The molecule has 0 radical (unpaired) electrons. The maximum atomic E-state index is 13.1. The van der Waals surface area contributed by atoms with Crippen molar-refractivity contribution in [3.8, 4) is 17.1 Å². The topological polar surface area (TPSA) is 54.7 Å². The molecule has 142 valence electrons. The minimum Gasteiger partial charge on any atom is -0.497 e. The molecule has 1 aromatic heterocycles. The van der Waals surface area contributed by atoms with Crippen molar-refractivity contribution in [3.05, 3.63) is 58.8 Å². The Kier molecular flexibility index (Phi) is 6.14. The van der Waals surface area contributed by atoms with Crippen molar-refractivity contribution < 1.29 is 9.15 Å². The van der Waals surface area contributed by atoms with E-state index < -0.39 is 0 Å². The van der Waals surface area contributed by atoms with Gasteiger partial charge in [-0.1, -0.05) is 26.0 Å². The van der Waals surface area contributed by atoms with Crippen molar-refractivity contribution in [2.45, 2.75) is 13.8 Å². The minimum atomic E-state index is -0.0396. The van der Waals surface area contributed by atoms with Gasteiger partial charge in [-0.25, -0.2) is 0 Å². The zero-order chi connectivity index (χ0) is 19.2. The van der Waals surface area contributed by atoms with E-state index in [2.05, 4.69) is 24.1 Å². The lowest BCUT2D eigenvalue weighted by Gasteiger charge is -2.19. The van der Waals surface area contributed by atoms with Crippen LogP contribution in [-0.2, 0) is 0 Å². The molecule has 0 bridgehead atoms. The van der Waals surface area contributed by atoms with Gasteiger partial charge in [-0.3, -0.25) is 4.79 Å². The summed E-state index contributed by atoms with van der Waals surface area (Å²) >= 11 is 0. The van der Waals surface area contributed by atoms with Gasteiger partial charge >= 0.3 is 0 Å². The number of fused-ring (bicyclic) bond motifs is 1. The molecular formula is C22H26N2O3. The van der Waals surface area contributed by atoms with E-state index in [4.69, 9.17) is 9.15 Å². The van der Waals surface area contributed by atoms with Crippen LogP contribution in [0.3, 0.4) is 0 Å². The molecule has 0 atom stereocenters. The number of hydrogen-bond acceptors (Lipinski definition) is 5. The third-order valence-electron chi connectivity index (χ3n) is 4.77. The van der Waals surface area contributed by atoms with E-state index in [0.29, 0.717) is 29.0 Å². The first-order valence-corrected chi connectivity index (χ1v) is 9.34. The molecule has 2 aromatic carbocycles. The van der Waals surface area contributed by atoms with Gasteiger partial charge in [-0.15, -0.1) is 0 Å². The van der Waals surface area contributed by atoms with E-state index in [1.54, 1.807) is 13.2 Å². The molecule has 0 aliphatic carbocycles. The summed E-state index contributed by atoms with van der Waals surface area (Å²) in [7, 11) is 1.63. The highest BCUT2D eigenvalue weighted by Crippen LogP contribution is 2.30. The Balaban J connectivity index is 2.02. The Morgan fingerprint density at radius 2 is 1.74 bits per heavy atom. The monoisotopic (exact) mass is 366 g/mol. The number of methoxy groups -OCH3 is 1. The fraction of sp³-hybridized carbons (Fsp3) is 0.318. The maximum absolute atomic E-state index is 13.1. The van der Waals surface area contributed by atoms with Crippen molar-refractivity contribution in [2.75, 3.05) is 38.6 Å². The number of hydrogen-bond donors (Lipinski definition) is 1. The van der Waals surface area contributed by atoms with Crippen LogP contribution in [0, 0.1) is 0 Å². The van der Waals surface area contributed by atoms with Crippen LogP contribution in [-0.4, -0.2) is 38.2 Å². The summed E-state index contributed by atoms with van der Waals surface area (Å²) in [6, 6.07) is 14.9. The van der Waals surface area contributed by atoms with Gasteiger partial charge in [0.25, 0.3) is 0 Å². The molecular weight excluding hydrogens is 340 g/mol. The van der Waals surface area contributed by atoms with Crippen LogP contribution >= 0.6 is 0 Å². The van der Waals surface area contributed by atoms with Gasteiger partial charge in [-0.2, -0.15) is 0 Å². The number of nitrogens with zero attached hydrogens (tertiary/aromatic N) is 1. The highest BCUT2D eigenvalue weighted by molar-refractivity contribution is 5.86. The highest BCUT2D eigenvalue weighted by atomic mass is 16.5. The van der Waals surface area contributed by atoms with Crippen molar-refractivity contribution in [1.29, 1.82) is 0 Å². The maximum Gasteiger partial charge on any atom is 0.216 e. The zero-order valence-corrected chi connectivity index (χ0v) is 16.1. The largest absolute Gasteiger partial charge is 0.497 e. The second-order valence-electron chi connectivity index (χ2n) is 6.31. The normalized spacial score (nSPS) is 11.1. The van der Waals surface area contributed by atoms with Crippen LogP contribution in [0.15, 0.2) is 57.7 Å². The Hall–Kier alpha value is -2.79. The number of benzene rings is 2. The van der Waals surface area contributed by atoms with Crippen LogP contribution in [0.5, 0.6) is 5.75 Å². The van der Waals surface area contributed by atoms with Crippen molar-refractivity contribution in [3.63, 3.8) is 0 Å². The number of para-hydroxylation sites is 1. The van der Waals surface area contributed by atoms with Gasteiger partial charge in [0.05, 0.1) is 12.5 Å². The van der Waals surface area contributed by atoms with E-state index in [9.17, 15) is 4.79 Å². The summed E-state index contributed by atoms with van der Waals surface area (Å²) in [4.78, 5) is 15.4. The Labute approximate surface area is 159 Å². The standard InChI is InChI=1S/C22H26N2O3/c1-4-24(5-2)15-14-23-20-21(25)18-8-6-7-9-19(18)27-22(20)16-10-12-17(26-3)13-11-16/h6-13,23H,4-5,14-15H2,1-3H3. The van der Waals surface area contributed by atoms with Crippen molar-refractivity contribution in [1.82, 2.24) is 4.90 Å². The molecule has 5 nitrogen and oxygen atoms in total. The van der Waals surface area contributed by atoms with Gasteiger partial charge in [0.1, 0.15) is 17.0 Å². The van der Waals surface area contributed by atoms with Crippen LogP contribution < -0.4 is 15.5 Å². The van der Waals surface area contributed by atoms with Gasteiger partial charge in [-0.05, 0) is 49.5 Å². The highest BCUT2D eigenvalue weighted by Gasteiger charge is 2.16. The first kappa shape index (κ1) is 19.0. The third-order valence-corrected chi connectivity index (χ3v) is 4.77. The number of likely N-dealkylation sites (N-methyl/N-ethyl adjacent to an activating group) is 1. The smallest absolute Gasteiger partial charge is 0.216 e. The lowest BCUT2D eigenvalue weighted by Crippen LogP contribution is -2.29. The number of nitrogens with one attached hydrogen (secondary N) is 1. The molecule has 0 aliphatic rings. The fourth-order valence-corrected chi connectivity index (χ4v) is 3.13.